The summed E-state index contributed by atoms with van der Waals surface area (Å²) >= 11 is 0. The van der Waals surface area contributed by atoms with Gasteiger partial charge in [-0.25, -0.2) is 0 Å². The van der Waals surface area contributed by atoms with E-state index in [1.165, 1.54) is 32.6 Å². The average molecular weight is 255 g/mol. The maximum Gasteiger partial charge on any atom is 0.0219 e. The zero-order chi connectivity index (χ0) is 13.8. The van der Waals surface area contributed by atoms with Crippen molar-refractivity contribution in [1.82, 2.24) is 15.1 Å². The van der Waals surface area contributed by atoms with Gasteiger partial charge in [-0.2, -0.15) is 0 Å². The predicted octanol–water partition coefficient (Wildman–Crippen LogP) is 2.18. The monoisotopic (exact) mass is 255 g/mol. The third-order valence-electron chi connectivity index (χ3n) is 3.93. The summed E-state index contributed by atoms with van der Waals surface area (Å²) in [5, 5.41) is 3.65. The van der Waals surface area contributed by atoms with Gasteiger partial charge in [-0.15, -0.1) is 0 Å². The van der Waals surface area contributed by atoms with Crippen LogP contribution in [-0.4, -0.2) is 60.1 Å². The Hall–Kier alpha value is -0.120. The van der Waals surface area contributed by atoms with Crippen LogP contribution in [-0.2, 0) is 0 Å². The van der Waals surface area contributed by atoms with Crippen LogP contribution in [0, 0.1) is 0 Å². The quantitative estimate of drug-likeness (QED) is 0.812. The van der Waals surface area contributed by atoms with E-state index >= 15 is 0 Å². The third-order valence-corrected chi connectivity index (χ3v) is 3.93. The molecule has 1 unspecified atom stereocenters. The van der Waals surface area contributed by atoms with Crippen LogP contribution in [0.4, 0.5) is 0 Å². The van der Waals surface area contributed by atoms with Crippen molar-refractivity contribution in [3.05, 3.63) is 0 Å². The van der Waals surface area contributed by atoms with Gasteiger partial charge in [0.1, 0.15) is 0 Å². The van der Waals surface area contributed by atoms with E-state index < -0.39 is 0 Å². The molecule has 1 saturated heterocycles. The number of rotatable bonds is 5. The smallest absolute Gasteiger partial charge is 0.0219 e. The Kier molecular flexibility index (Phi) is 6.09. The fourth-order valence-corrected chi connectivity index (χ4v) is 2.57. The highest BCUT2D eigenvalue weighted by Gasteiger charge is 2.24. The molecule has 0 amide bonds. The number of hydrogen-bond acceptors (Lipinski definition) is 3. The van der Waals surface area contributed by atoms with Crippen molar-refractivity contribution >= 4 is 0 Å². The Balaban J connectivity index is 2.38. The van der Waals surface area contributed by atoms with E-state index in [1.54, 1.807) is 0 Å². The van der Waals surface area contributed by atoms with Crippen LogP contribution in [0.5, 0.6) is 0 Å². The van der Waals surface area contributed by atoms with E-state index in [9.17, 15) is 0 Å². The summed E-state index contributed by atoms with van der Waals surface area (Å²) in [5.74, 6) is 0. The lowest BCUT2D eigenvalue weighted by atomic mass is 10.1. The standard InChI is InChI=1S/C15H33N3/c1-7-14(12-16-15(4,5)6)18-10-8-17(9-11-18)13(2)3/h13-14,16H,7-12H2,1-6H3. The van der Waals surface area contributed by atoms with Crippen molar-refractivity contribution in [2.75, 3.05) is 32.7 Å². The molecule has 1 aliphatic rings. The Bertz CT molecular complexity index is 224. The molecule has 0 bridgehead atoms. The predicted molar refractivity (Wildman–Crippen MR) is 80.1 cm³/mol. The minimum Gasteiger partial charge on any atom is -0.311 e. The van der Waals surface area contributed by atoms with Crippen molar-refractivity contribution in [3.63, 3.8) is 0 Å². The summed E-state index contributed by atoms with van der Waals surface area (Å²) in [7, 11) is 0. The molecular formula is C15H33N3. The molecule has 1 heterocycles. The first-order chi connectivity index (χ1) is 8.33. The first kappa shape index (κ1) is 15.9. The molecule has 18 heavy (non-hydrogen) atoms. The van der Waals surface area contributed by atoms with E-state index in [-0.39, 0.29) is 5.54 Å². The van der Waals surface area contributed by atoms with Gasteiger partial charge in [-0.05, 0) is 41.0 Å². The van der Waals surface area contributed by atoms with Crippen molar-refractivity contribution in [2.45, 2.75) is 65.6 Å². The summed E-state index contributed by atoms with van der Waals surface area (Å²) in [6, 6.07) is 1.39. The first-order valence-corrected chi connectivity index (χ1v) is 7.56. The summed E-state index contributed by atoms with van der Waals surface area (Å²) in [4.78, 5) is 5.25. The summed E-state index contributed by atoms with van der Waals surface area (Å²) in [6.07, 6.45) is 1.24. The van der Waals surface area contributed by atoms with E-state index in [0.29, 0.717) is 12.1 Å². The maximum atomic E-state index is 3.65. The van der Waals surface area contributed by atoms with Gasteiger partial charge in [0.2, 0.25) is 0 Å². The minimum absolute atomic E-state index is 0.229. The van der Waals surface area contributed by atoms with E-state index in [4.69, 9.17) is 0 Å². The molecule has 0 aliphatic carbocycles. The maximum absolute atomic E-state index is 3.65. The SMILES string of the molecule is CCC(CNC(C)(C)C)N1CCN(C(C)C)CC1. The minimum atomic E-state index is 0.229. The molecule has 3 nitrogen and oxygen atoms in total. The Morgan fingerprint density at radius 1 is 1.00 bits per heavy atom. The highest BCUT2D eigenvalue weighted by Crippen LogP contribution is 2.12. The van der Waals surface area contributed by atoms with Crippen LogP contribution in [0.25, 0.3) is 0 Å². The molecule has 1 aliphatic heterocycles. The molecule has 0 aromatic heterocycles. The molecule has 0 spiro atoms. The summed E-state index contributed by atoms with van der Waals surface area (Å²) in [6.45, 7) is 19.7. The van der Waals surface area contributed by atoms with Crippen LogP contribution < -0.4 is 5.32 Å². The van der Waals surface area contributed by atoms with Crippen LogP contribution in [0.15, 0.2) is 0 Å². The number of nitrogens with one attached hydrogen (secondary N) is 1. The van der Waals surface area contributed by atoms with Crippen molar-refractivity contribution in [2.24, 2.45) is 0 Å². The van der Waals surface area contributed by atoms with Crippen LogP contribution >= 0.6 is 0 Å². The zero-order valence-electron chi connectivity index (χ0n) is 13.3. The highest BCUT2D eigenvalue weighted by atomic mass is 15.3. The topological polar surface area (TPSA) is 18.5 Å². The van der Waals surface area contributed by atoms with Gasteiger partial charge in [-0.3, -0.25) is 9.80 Å². The van der Waals surface area contributed by atoms with Crippen molar-refractivity contribution in [1.29, 1.82) is 0 Å². The molecule has 0 saturated carbocycles. The molecule has 0 aromatic carbocycles. The Morgan fingerprint density at radius 3 is 1.89 bits per heavy atom. The molecule has 0 radical (unpaired) electrons. The number of piperazine rings is 1. The van der Waals surface area contributed by atoms with Crippen molar-refractivity contribution in [3.8, 4) is 0 Å². The van der Waals surface area contributed by atoms with Crippen LogP contribution in [0.1, 0.15) is 48.0 Å². The lowest BCUT2D eigenvalue weighted by Crippen LogP contribution is -2.55. The van der Waals surface area contributed by atoms with Crippen LogP contribution in [0.3, 0.4) is 0 Å². The van der Waals surface area contributed by atoms with Gasteiger partial charge in [-0.1, -0.05) is 6.92 Å². The summed E-state index contributed by atoms with van der Waals surface area (Å²) in [5.41, 5.74) is 0.229. The number of hydrogen-bond donors (Lipinski definition) is 1. The van der Waals surface area contributed by atoms with Gasteiger partial charge in [0.05, 0.1) is 0 Å². The van der Waals surface area contributed by atoms with Crippen LogP contribution in [0.2, 0.25) is 0 Å². The molecule has 0 aromatic rings. The van der Waals surface area contributed by atoms with E-state index in [1.807, 2.05) is 0 Å². The molecule has 3 heteroatoms. The van der Waals surface area contributed by atoms with E-state index in [0.717, 1.165) is 6.54 Å². The highest BCUT2D eigenvalue weighted by molar-refractivity contribution is 4.82. The Labute approximate surface area is 114 Å². The second-order valence-electron chi connectivity index (χ2n) is 6.86. The van der Waals surface area contributed by atoms with Gasteiger partial charge < -0.3 is 5.32 Å². The van der Waals surface area contributed by atoms with Gasteiger partial charge >= 0.3 is 0 Å². The molecule has 1 N–H and O–H groups in total. The van der Waals surface area contributed by atoms with E-state index in [2.05, 4.69) is 56.7 Å². The first-order valence-electron chi connectivity index (χ1n) is 7.56. The molecule has 1 fully saturated rings. The zero-order valence-corrected chi connectivity index (χ0v) is 13.3. The van der Waals surface area contributed by atoms with Gasteiger partial charge in [0.25, 0.3) is 0 Å². The second-order valence-corrected chi connectivity index (χ2v) is 6.86. The number of nitrogens with zero attached hydrogens (tertiary/aromatic N) is 2. The molecule has 1 rings (SSSR count). The Morgan fingerprint density at radius 2 is 1.50 bits per heavy atom. The van der Waals surface area contributed by atoms with Gasteiger partial charge in [0.15, 0.2) is 0 Å². The normalized spacial score (nSPS) is 21.5. The largest absolute Gasteiger partial charge is 0.311 e. The molecule has 108 valence electrons. The lowest BCUT2D eigenvalue weighted by molar-refractivity contribution is 0.0739. The lowest BCUT2D eigenvalue weighted by Gasteiger charge is -2.41. The average Bonchev–Trinajstić information content (AvgIpc) is 2.29. The van der Waals surface area contributed by atoms with Gasteiger partial charge in [0, 0.05) is 50.3 Å². The third kappa shape index (κ3) is 5.25. The van der Waals surface area contributed by atoms with Crippen molar-refractivity contribution < 1.29 is 0 Å². The second kappa shape index (κ2) is 6.88. The molecule has 1 atom stereocenters. The fourth-order valence-electron chi connectivity index (χ4n) is 2.57. The summed E-state index contributed by atoms with van der Waals surface area (Å²) < 4.78 is 0. The fraction of sp³-hybridized carbons (Fsp3) is 1.00. The molecular weight excluding hydrogens is 222 g/mol.